The van der Waals surface area contributed by atoms with E-state index in [1.165, 1.54) is 29.4 Å². The van der Waals surface area contributed by atoms with Crippen molar-refractivity contribution in [3.8, 4) is 5.88 Å². The molecule has 0 radical (unpaired) electrons. The number of hydrogen-bond acceptors (Lipinski definition) is 6. The average molecular weight is 386 g/mol. The summed E-state index contributed by atoms with van der Waals surface area (Å²) in [6, 6.07) is 0. The molecule has 0 aliphatic carbocycles. The predicted octanol–water partition coefficient (Wildman–Crippen LogP) is 3.51. The van der Waals surface area contributed by atoms with Crippen LogP contribution in [0.15, 0.2) is 6.33 Å². The molecular formula is C20H25N4O2S+. The van der Waals surface area contributed by atoms with Crippen LogP contribution in [-0.4, -0.2) is 35.3 Å². The number of nitrogens with zero attached hydrogens (tertiary/aromatic N) is 3. The third-order valence-electron chi connectivity index (χ3n) is 5.51. The van der Waals surface area contributed by atoms with Crippen molar-refractivity contribution in [3.63, 3.8) is 0 Å². The Morgan fingerprint density at radius 1 is 1.30 bits per heavy atom. The molecule has 142 valence electrons. The van der Waals surface area contributed by atoms with Crippen molar-refractivity contribution in [2.75, 3.05) is 24.6 Å². The van der Waals surface area contributed by atoms with E-state index < -0.39 is 0 Å². The number of rotatable bonds is 3. The van der Waals surface area contributed by atoms with E-state index in [2.05, 4.69) is 28.7 Å². The van der Waals surface area contributed by atoms with Gasteiger partial charge >= 0.3 is 5.88 Å². The van der Waals surface area contributed by atoms with E-state index in [0.717, 1.165) is 46.3 Å². The Balaban J connectivity index is 1.82. The molecule has 0 saturated carbocycles. The number of H-pyrrole nitrogens is 1. The zero-order valence-corrected chi connectivity index (χ0v) is 16.9. The third-order valence-corrected chi connectivity index (χ3v) is 6.58. The van der Waals surface area contributed by atoms with Crippen LogP contribution < -0.4 is 14.6 Å². The highest BCUT2D eigenvalue weighted by Crippen LogP contribution is 2.44. The highest BCUT2D eigenvalue weighted by atomic mass is 32.1. The minimum atomic E-state index is -0.179. The molecule has 7 heteroatoms. The molecule has 5 rings (SSSR count). The number of hydrogen-bond donors (Lipinski definition) is 0. The highest BCUT2D eigenvalue weighted by molar-refractivity contribution is 7.25. The normalized spacial score (nSPS) is 19.0. The summed E-state index contributed by atoms with van der Waals surface area (Å²) >= 11 is 1.68. The molecule has 6 nitrogen and oxygen atoms in total. The van der Waals surface area contributed by atoms with Crippen molar-refractivity contribution in [1.82, 2.24) is 9.97 Å². The summed E-state index contributed by atoms with van der Waals surface area (Å²) in [6.07, 6.45) is 5.07. The molecule has 0 spiro atoms. The van der Waals surface area contributed by atoms with Gasteiger partial charge in [0, 0.05) is 25.1 Å². The van der Waals surface area contributed by atoms with E-state index in [0.29, 0.717) is 13.2 Å². The number of aromatic amines is 1. The Bertz CT molecular complexity index is 1020. The molecule has 0 atom stereocenters. The molecule has 1 fully saturated rings. The number of thiophene rings is 1. The van der Waals surface area contributed by atoms with Crippen LogP contribution in [0.25, 0.3) is 20.4 Å². The number of pyridine rings is 1. The van der Waals surface area contributed by atoms with Gasteiger partial charge in [-0.05, 0) is 44.2 Å². The van der Waals surface area contributed by atoms with Crippen molar-refractivity contribution in [2.24, 2.45) is 0 Å². The lowest BCUT2D eigenvalue weighted by atomic mass is 9.90. The van der Waals surface area contributed by atoms with E-state index in [1.807, 2.05) is 6.92 Å². The molecule has 0 bridgehead atoms. The van der Waals surface area contributed by atoms with E-state index in [4.69, 9.17) is 14.5 Å². The number of aromatic nitrogens is 3. The summed E-state index contributed by atoms with van der Waals surface area (Å²) in [6.45, 7) is 9.73. The zero-order chi connectivity index (χ0) is 18.6. The Labute approximate surface area is 162 Å². The summed E-state index contributed by atoms with van der Waals surface area (Å²) in [4.78, 5) is 16.4. The molecule has 1 saturated heterocycles. The molecule has 0 unspecified atom stereocenters. The summed E-state index contributed by atoms with van der Waals surface area (Å²) < 4.78 is 13.0. The van der Waals surface area contributed by atoms with E-state index in [1.54, 1.807) is 17.7 Å². The molecule has 0 amide bonds. The third kappa shape index (κ3) is 2.75. The lowest BCUT2D eigenvalue weighted by Gasteiger charge is -2.34. The Morgan fingerprint density at radius 3 is 2.89 bits per heavy atom. The molecule has 1 N–H and O–H groups in total. The largest absolute Gasteiger partial charge is 0.461 e. The first-order valence-corrected chi connectivity index (χ1v) is 10.6. The van der Waals surface area contributed by atoms with Gasteiger partial charge in [0.05, 0.1) is 24.2 Å². The van der Waals surface area contributed by atoms with Crippen molar-refractivity contribution in [3.05, 3.63) is 17.5 Å². The Kier molecular flexibility index (Phi) is 3.98. The van der Waals surface area contributed by atoms with Crippen molar-refractivity contribution >= 4 is 37.6 Å². The molecule has 3 aromatic rings. The van der Waals surface area contributed by atoms with E-state index >= 15 is 0 Å². The van der Waals surface area contributed by atoms with Gasteiger partial charge in [0.15, 0.2) is 4.70 Å². The fourth-order valence-electron chi connectivity index (χ4n) is 4.24. The second-order valence-electron chi connectivity index (χ2n) is 7.94. The monoisotopic (exact) mass is 385 g/mol. The number of fused-ring (bicyclic) bond motifs is 5. The molecule has 27 heavy (non-hydrogen) atoms. The van der Waals surface area contributed by atoms with E-state index in [9.17, 15) is 0 Å². The summed E-state index contributed by atoms with van der Waals surface area (Å²) in [5, 5.41) is 1.18. The number of ether oxygens (including phenoxy) is 2. The van der Waals surface area contributed by atoms with Gasteiger partial charge in [-0.1, -0.05) is 0 Å². The smallest absolute Gasteiger partial charge is 0.304 e. The van der Waals surface area contributed by atoms with Gasteiger partial charge < -0.3 is 14.4 Å². The van der Waals surface area contributed by atoms with Gasteiger partial charge in [-0.25, -0.2) is 9.97 Å². The van der Waals surface area contributed by atoms with Crippen LogP contribution in [0.5, 0.6) is 5.88 Å². The van der Waals surface area contributed by atoms with Gasteiger partial charge in [-0.15, -0.1) is 11.3 Å². The maximum atomic E-state index is 6.18. The minimum Gasteiger partial charge on any atom is -0.461 e. The second-order valence-corrected chi connectivity index (χ2v) is 8.94. The average Bonchev–Trinajstić information content (AvgIpc) is 3.28. The number of nitrogens with one attached hydrogen (secondary N) is 1. The maximum absolute atomic E-state index is 6.18. The molecule has 2 aliphatic heterocycles. The van der Waals surface area contributed by atoms with Crippen LogP contribution in [0.1, 0.15) is 44.7 Å². The molecule has 2 aliphatic rings. The van der Waals surface area contributed by atoms with Gasteiger partial charge in [0.1, 0.15) is 10.6 Å². The SMILES string of the molecule is CCOc1[nH+]cnc2c1sc1nc(N3CCCC3)c3c(c12)CC(C)(C)OC3. The first-order chi connectivity index (χ1) is 13.1. The van der Waals surface area contributed by atoms with Crippen LogP contribution in [0, 0.1) is 0 Å². The Hall–Kier alpha value is -1.99. The molecule has 5 heterocycles. The topological polar surface area (TPSA) is 61.6 Å². The highest BCUT2D eigenvalue weighted by Gasteiger charge is 2.34. The molecule has 0 aromatic carbocycles. The van der Waals surface area contributed by atoms with Crippen LogP contribution in [0.3, 0.4) is 0 Å². The Morgan fingerprint density at radius 2 is 2.11 bits per heavy atom. The van der Waals surface area contributed by atoms with Gasteiger partial charge in [-0.2, -0.15) is 0 Å². The standard InChI is InChI=1S/C20H24N4O2S/c1-4-25-18-16-15(21-11-22-18)14-12-9-20(2,3)26-10-13(12)17(23-19(14)27-16)24-7-5-6-8-24/h11H,4-10H2,1-3H3/p+1. The summed E-state index contributed by atoms with van der Waals surface area (Å²) in [7, 11) is 0. The first-order valence-electron chi connectivity index (χ1n) is 9.74. The fraction of sp³-hybridized carbons (Fsp3) is 0.550. The van der Waals surface area contributed by atoms with Gasteiger partial charge in [-0.3, -0.25) is 0 Å². The summed E-state index contributed by atoms with van der Waals surface area (Å²) in [5.41, 5.74) is 3.41. The maximum Gasteiger partial charge on any atom is 0.304 e. The van der Waals surface area contributed by atoms with E-state index in [-0.39, 0.29) is 5.60 Å². The fourth-order valence-corrected chi connectivity index (χ4v) is 5.35. The number of anilines is 1. The van der Waals surface area contributed by atoms with Crippen LogP contribution in [0.4, 0.5) is 5.82 Å². The van der Waals surface area contributed by atoms with Crippen molar-refractivity contribution < 1.29 is 14.5 Å². The first kappa shape index (κ1) is 17.1. The molecule has 3 aromatic heterocycles. The predicted molar refractivity (Wildman–Crippen MR) is 107 cm³/mol. The quantitative estimate of drug-likeness (QED) is 0.690. The van der Waals surface area contributed by atoms with Gasteiger partial charge in [0.25, 0.3) is 6.33 Å². The van der Waals surface area contributed by atoms with Crippen LogP contribution in [-0.2, 0) is 17.8 Å². The summed E-state index contributed by atoms with van der Waals surface area (Å²) in [5.74, 6) is 1.90. The van der Waals surface area contributed by atoms with Crippen LogP contribution >= 0.6 is 11.3 Å². The molecular weight excluding hydrogens is 360 g/mol. The minimum absolute atomic E-state index is 0.179. The van der Waals surface area contributed by atoms with Gasteiger partial charge in [0.2, 0.25) is 5.52 Å². The lowest BCUT2D eigenvalue weighted by Crippen LogP contribution is -2.33. The van der Waals surface area contributed by atoms with Crippen LogP contribution in [0.2, 0.25) is 0 Å². The zero-order valence-electron chi connectivity index (χ0n) is 16.1. The van der Waals surface area contributed by atoms with Crippen molar-refractivity contribution in [1.29, 1.82) is 0 Å². The second kappa shape index (κ2) is 6.27. The van der Waals surface area contributed by atoms with Crippen molar-refractivity contribution in [2.45, 2.75) is 52.2 Å². The lowest BCUT2D eigenvalue weighted by molar-refractivity contribution is -0.396.